The smallest absolute Gasteiger partial charge is 0.165 e. The first-order valence-electron chi connectivity index (χ1n) is 12.7. The van der Waals surface area contributed by atoms with E-state index in [-0.39, 0.29) is 5.82 Å². The minimum absolute atomic E-state index is 0.304. The van der Waals surface area contributed by atoms with Crippen LogP contribution in [0.25, 0.3) is 11.3 Å². The molecule has 1 aromatic heterocycles. The summed E-state index contributed by atoms with van der Waals surface area (Å²) in [7, 11) is 0. The van der Waals surface area contributed by atoms with Crippen LogP contribution in [0.15, 0.2) is 36.5 Å². The molecule has 0 aliphatic carbocycles. The second-order valence-corrected chi connectivity index (χ2v) is 8.80. The fourth-order valence-corrected chi connectivity index (χ4v) is 3.87. The van der Waals surface area contributed by atoms with Crippen LogP contribution in [0.1, 0.15) is 96.5 Å². The Morgan fingerprint density at radius 3 is 2.28 bits per heavy atom. The summed E-state index contributed by atoms with van der Waals surface area (Å²) >= 11 is 0. The largest absolute Gasteiger partial charge is 0.491 e. The molecule has 0 saturated heterocycles. The molecule has 0 aliphatic rings. The van der Waals surface area contributed by atoms with Gasteiger partial charge >= 0.3 is 0 Å². The first kappa shape index (κ1) is 26.3. The maximum absolute atomic E-state index is 14.5. The highest BCUT2D eigenvalue weighted by Crippen LogP contribution is 2.25. The number of pyridine rings is 1. The van der Waals surface area contributed by atoms with Crippen LogP contribution in [-0.4, -0.2) is 17.8 Å². The van der Waals surface area contributed by atoms with Crippen LogP contribution < -0.4 is 4.74 Å². The number of alkyl halides is 1. The molecule has 32 heavy (non-hydrogen) atoms. The van der Waals surface area contributed by atoms with E-state index in [2.05, 4.69) is 18.8 Å². The van der Waals surface area contributed by atoms with Gasteiger partial charge in [0.15, 0.2) is 11.6 Å². The zero-order chi connectivity index (χ0) is 23.0. The van der Waals surface area contributed by atoms with E-state index in [1.54, 1.807) is 6.07 Å². The average molecular weight is 446 g/mol. The Morgan fingerprint density at radius 2 is 1.56 bits per heavy atom. The minimum Gasteiger partial charge on any atom is -0.491 e. The summed E-state index contributed by atoms with van der Waals surface area (Å²) in [5.74, 6) is -0.0462. The predicted octanol–water partition coefficient (Wildman–Crippen LogP) is 8.87. The summed E-state index contributed by atoms with van der Waals surface area (Å²) in [6.45, 7) is 4.89. The van der Waals surface area contributed by atoms with Crippen LogP contribution >= 0.6 is 0 Å². The number of hydrogen-bond donors (Lipinski definition) is 0. The summed E-state index contributed by atoms with van der Waals surface area (Å²) < 4.78 is 34.0. The van der Waals surface area contributed by atoms with Crippen molar-refractivity contribution in [3.8, 4) is 17.0 Å². The van der Waals surface area contributed by atoms with Gasteiger partial charge in [0.1, 0.15) is 6.17 Å². The molecule has 0 bridgehead atoms. The number of ether oxygens (including phenoxy) is 1. The van der Waals surface area contributed by atoms with Gasteiger partial charge in [-0.25, -0.2) is 8.78 Å². The Kier molecular flexibility index (Phi) is 13.0. The van der Waals surface area contributed by atoms with Gasteiger partial charge in [0, 0.05) is 11.8 Å². The van der Waals surface area contributed by atoms with Crippen molar-refractivity contribution >= 4 is 0 Å². The molecular formula is C28H41F2NO. The Bertz CT molecular complexity index is 748. The van der Waals surface area contributed by atoms with Crippen LogP contribution in [-0.2, 0) is 6.42 Å². The first-order valence-corrected chi connectivity index (χ1v) is 12.7. The van der Waals surface area contributed by atoms with Gasteiger partial charge in [-0.2, -0.15) is 0 Å². The van der Waals surface area contributed by atoms with E-state index < -0.39 is 6.17 Å². The van der Waals surface area contributed by atoms with Gasteiger partial charge in [0.25, 0.3) is 0 Å². The number of benzene rings is 1. The number of unbranched alkanes of at least 4 members (excludes halogenated alkanes) is 7. The van der Waals surface area contributed by atoms with E-state index in [0.717, 1.165) is 61.8 Å². The van der Waals surface area contributed by atoms with Gasteiger partial charge in [-0.15, -0.1) is 0 Å². The second kappa shape index (κ2) is 15.8. The minimum atomic E-state index is -0.696. The number of halogens is 2. The van der Waals surface area contributed by atoms with Gasteiger partial charge in [-0.05, 0) is 61.9 Å². The number of hydrogen-bond acceptors (Lipinski definition) is 2. The third-order valence-corrected chi connectivity index (χ3v) is 5.91. The summed E-state index contributed by atoms with van der Waals surface area (Å²) in [6, 6.07) is 8.95. The highest BCUT2D eigenvalue weighted by molar-refractivity contribution is 5.60. The van der Waals surface area contributed by atoms with Crippen LogP contribution in [0.4, 0.5) is 8.78 Å². The molecule has 0 amide bonds. The lowest BCUT2D eigenvalue weighted by Crippen LogP contribution is -2.01. The number of nitrogens with zero attached hydrogens (tertiary/aromatic N) is 1. The lowest BCUT2D eigenvalue weighted by molar-refractivity contribution is 0.283. The molecule has 0 aliphatic heterocycles. The molecule has 2 rings (SSSR count). The van der Waals surface area contributed by atoms with Gasteiger partial charge in [0.2, 0.25) is 0 Å². The zero-order valence-electron chi connectivity index (χ0n) is 20.1. The van der Waals surface area contributed by atoms with E-state index in [4.69, 9.17) is 4.74 Å². The van der Waals surface area contributed by atoms with E-state index in [0.29, 0.717) is 25.2 Å². The van der Waals surface area contributed by atoms with Crippen molar-refractivity contribution in [2.75, 3.05) is 6.61 Å². The van der Waals surface area contributed by atoms with Gasteiger partial charge < -0.3 is 4.74 Å². The highest BCUT2D eigenvalue weighted by atomic mass is 19.1. The normalized spacial score (nSPS) is 12.1. The second-order valence-electron chi connectivity index (χ2n) is 8.80. The van der Waals surface area contributed by atoms with E-state index in [1.165, 1.54) is 31.7 Å². The Morgan fingerprint density at radius 1 is 0.844 bits per heavy atom. The third-order valence-electron chi connectivity index (χ3n) is 5.91. The monoisotopic (exact) mass is 445 g/mol. The van der Waals surface area contributed by atoms with Crippen molar-refractivity contribution in [1.29, 1.82) is 0 Å². The van der Waals surface area contributed by atoms with E-state index in [1.807, 2.05) is 24.4 Å². The predicted molar refractivity (Wildman–Crippen MR) is 130 cm³/mol. The lowest BCUT2D eigenvalue weighted by atomic mass is 10.0. The topological polar surface area (TPSA) is 22.1 Å². The molecule has 178 valence electrons. The van der Waals surface area contributed by atoms with Crippen LogP contribution in [0, 0.1) is 5.82 Å². The SMILES string of the molecule is CCCCCCCCOc1ccc(-c2ccc(CCCC(F)CCCCC)cn2)cc1F. The van der Waals surface area contributed by atoms with Crippen molar-refractivity contribution in [3.05, 3.63) is 47.9 Å². The molecule has 0 saturated carbocycles. The fourth-order valence-electron chi connectivity index (χ4n) is 3.87. The summed E-state index contributed by atoms with van der Waals surface area (Å²) in [4.78, 5) is 4.49. The van der Waals surface area contributed by atoms with Crippen molar-refractivity contribution < 1.29 is 13.5 Å². The van der Waals surface area contributed by atoms with Crippen LogP contribution in [0.3, 0.4) is 0 Å². The molecule has 2 nitrogen and oxygen atoms in total. The molecular weight excluding hydrogens is 404 g/mol. The van der Waals surface area contributed by atoms with Gasteiger partial charge in [0.05, 0.1) is 12.3 Å². The van der Waals surface area contributed by atoms with Gasteiger partial charge in [-0.1, -0.05) is 71.3 Å². The molecule has 1 unspecified atom stereocenters. The molecule has 1 heterocycles. The molecule has 0 radical (unpaired) electrons. The van der Waals surface area contributed by atoms with Crippen molar-refractivity contribution in [3.63, 3.8) is 0 Å². The number of aryl methyl sites for hydroxylation is 1. The van der Waals surface area contributed by atoms with Crippen LogP contribution in [0.5, 0.6) is 5.75 Å². The maximum atomic E-state index is 14.5. The van der Waals surface area contributed by atoms with E-state index >= 15 is 0 Å². The Hall–Kier alpha value is -1.97. The molecule has 0 N–H and O–H groups in total. The van der Waals surface area contributed by atoms with Crippen molar-refractivity contribution in [2.24, 2.45) is 0 Å². The lowest BCUT2D eigenvalue weighted by Gasteiger charge is -2.10. The number of aromatic nitrogens is 1. The maximum Gasteiger partial charge on any atom is 0.165 e. The Balaban J connectivity index is 1.75. The average Bonchev–Trinajstić information content (AvgIpc) is 2.80. The molecule has 2 aromatic rings. The first-order chi connectivity index (χ1) is 15.6. The van der Waals surface area contributed by atoms with Crippen LogP contribution in [0.2, 0.25) is 0 Å². The van der Waals surface area contributed by atoms with Crippen molar-refractivity contribution in [2.45, 2.75) is 103 Å². The number of rotatable bonds is 17. The highest BCUT2D eigenvalue weighted by Gasteiger charge is 2.09. The quantitative estimate of drug-likeness (QED) is 0.227. The van der Waals surface area contributed by atoms with Crippen molar-refractivity contribution in [1.82, 2.24) is 4.98 Å². The molecule has 0 spiro atoms. The fraction of sp³-hybridized carbons (Fsp3) is 0.607. The van der Waals surface area contributed by atoms with E-state index in [9.17, 15) is 8.78 Å². The zero-order valence-corrected chi connectivity index (χ0v) is 20.1. The van der Waals surface area contributed by atoms with Gasteiger partial charge in [-0.3, -0.25) is 4.98 Å². The summed E-state index contributed by atoms with van der Waals surface area (Å²) in [5, 5.41) is 0. The summed E-state index contributed by atoms with van der Waals surface area (Å²) in [6.07, 6.45) is 14.4. The third kappa shape index (κ3) is 10.1. The molecule has 0 fully saturated rings. The molecule has 4 heteroatoms. The standard InChI is InChI=1S/C28H41F2NO/c1-3-5-7-8-9-11-20-32-28-19-17-24(21-26(28)30)27-18-16-23(22-31-27)13-12-15-25(29)14-10-6-4-2/h16-19,21-22,25H,3-15,20H2,1-2H3. The summed E-state index contributed by atoms with van der Waals surface area (Å²) in [5.41, 5.74) is 2.56. The Labute approximate surface area is 193 Å². The molecule has 1 aromatic carbocycles. The molecule has 1 atom stereocenters.